The number of rotatable bonds is 3. The molecule has 1 fully saturated rings. The Morgan fingerprint density at radius 3 is 2.39 bits per heavy atom. The normalized spacial score (nSPS) is 27.3. The fourth-order valence-corrected chi connectivity index (χ4v) is 6.44. The lowest BCUT2D eigenvalue weighted by Gasteiger charge is -2.50. The largest absolute Gasteiger partial charge is 0.499 e. The van der Waals surface area contributed by atoms with Crippen LogP contribution in [0.1, 0.15) is 77.0 Å². The highest BCUT2D eigenvalue weighted by Crippen LogP contribution is 2.59. The zero-order chi connectivity index (χ0) is 22.9. The number of benzene rings is 1. The van der Waals surface area contributed by atoms with Crippen molar-refractivity contribution in [3.63, 3.8) is 0 Å². The predicted molar refractivity (Wildman–Crippen MR) is 115 cm³/mol. The fourth-order valence-electron chi connectivity index (χ4n) is 6.44. The Morgan fingerprint density at radius 2 is 1.81 bits per heavy atom. The maximum Gasteiger partial charge on any atom is 0.499 e. The molecule has 0 spiro atoms. The van der Waals surface area contributed by atoms with Crippen molar-refractivity contribution in [3.8, 4) is 0 Å². The van der Waals surface area contributed by atoms with E-state index >= 15 is 0 Å². The molecule has 2 aliphatic rings. The minimum Gasteiger partial charge on any atom is -0.461 e. The topological polar surface area (TPSA) is 140 Å². The summed E-state index contributed by atoms with van der Waals surface area (Å²) in [7, 11) is -2.28. The molecule has 31 heavy (non-hydrogen) atoms. The molecule has 0 saturated heterocycles. The zero-order valence-electron chi connectivity index (χ0n) is 18.2. The number of nitro benzene ring substituents is 2. The van der Waals surface area contributed by atoms with Crippen LogP contribution in [0.15, 0.2) is 10.5 Å². The number of nitrogens with zero attached hydrogens (tertiary/aromatic N) is 2. The van der Waals surface area contributed by atoms with E-state index in [9.17, 15) is 30.3 Å². The van der Waals surface area contributed by atoms with Crippen LogP contribution in [-0.4, -0.2) is 27.0 Å². The van der Waals surface area contributed by atoms with E-state index in [1.165, 1.54) is 6.07 Å². The molecular formula is C21H27BN2O7. The van der Waals surface area contributed by atoms with Gasteiger partial charge >= 0.3 is 18.5 Å². The van der Waals surface area contributed by atoms with Crippen LogP contribution in [0.5, 0.6) is 0 Å². The summed E-state index contributed by atoms with van der Waals surface area (Å²) in [6, 6.07) is 1.20. The van der Waals surface area contributed by atoms with Crippen molar-refractivity contribution in [2.75, 3.05) is 0 Å². The lowest BCUT2D eigenvalue weighted by atomic mass is 9.53. The van der Waals surface area contributed by atoms with Crippen LogP contribution < -0.4 is 5.46 Å². The Hall–Kier alpha value is -2.46. The highest BCUT2D eigenvalue weighted by molar-refractivity contribution is 6.63. The minimum atomic E-state index is -2.28. The van der Waals surface area contributed by atoms with Gasteiger partial charge in [-0.25, -0.2) is 0 Å². The van der Waals surface area contributed by atoms with Gasteiger partial charge in [-0.1, -0.05) is 34.1 Å². The van der Waals surface area contributed by atoms with Gasteiger partial charge in [0.15, 0.2) is 0 Å². The summed E-state index contributed by atoms with van der Waals surface area (Å²) in [4.78, 5) is 21.6. The highest BCUT2D eigenvalue weighted by Gasteiger charge is 2.52. The average Bonchev–Trinajstić information content (AvgIpc) is 2.99. The van der Waals surface area contributed by atoms with Gasteiger partial charge in [0.05, 0.1) is 9.85 Å². The van der Waals surface area contributed by atoms with Gasteiger partial charge in [0.2, 0.25) is 0 Å². The van der Waals surface area contributed by atoms with Crippen LogP contribution in [0.3, 0.4) is 0 Å². The monoisotopic (exact) mass is 430 g/mol. The molecule has 0 bridgehead atoms. The summed E-state index contributed by atoms with van der Waals surface area (Å²) < 4.78 is 6.14. The third-order valence-electron chi connectivity index (χ3n) is 7.77. The van der Waals surface area contributed by atoms with Crippen LogP contribution in [0.25, 0.3) is 11.0 Å². The van der Waals surface area contributed by atoms with E-state index in [0.717, 1.165) is 37.7 Å². The van der Waals surface area contributed by atoms with Crippen molar-refractivity contribution in [3.05, 3.63) is 37.6 Å². The molecule has 0 aliphatic heterocycles. The van der Waals surface area contributed by atoms with Crippen molar-refractivity contribution in [2.45, 2.75) is 71.1 Å². The van der Waals surface area contributed by atoms with E-state index in [1.54, 1.807) is 0 Å². The number of nitro groups is 2. The molecule has 9 nitrogen and oxygen atoms in total. The molecule has 2 aliphatic carbocycles. The van der Waals surface area contributed by atoms with Gasteiger partial charge < -0.3 is 14.5 Å². The van der Waals surface area contributed by atoms with Crippen LogP contribution in [0.4, 0.5) is 11.4 Å². The van der Waals surface area contributed by atoms with Crippen LogP contribution in [-0.2, 0) is 5.41 Å². The maximum atomic E-state index is 11.7. The third kappa shape index (κ3) is 3.07. The summed E-state index contributed by atoms with van der Waals surface area (Å²) in [5.41, 5.74) is -1.71. The molecular weight excluding hydrogens is 403 g/mol. The van der Waals surface area contributed by atoms with Gasteiger partial charge in [0.25, 0.3) is 0 Å². The maximum absolute atomic E-state index is 11.7. The first-order valence-corrected chi connectivity index (χ1v) is 10.7. The van der Waals surface area contributed by atoms with Crippen molar-refractivity contribution in [1.29, 1.82) is 0 Å². The van der Waals surface area contributed by atoms with Gasteiger partial charge in [0, 0.05) is 22.9 Å². The van der Waals surface area contributed by atoms with Crippen molar-refractivity contribution < 1.29 is 24.3 Å². The quantitative estimate of drug-likeness (QED) is 0.427. The van der Waals surface area contributed by atoms with E-state index in [1.807, 2.05) is 6.92 Å². The van der Waals surface area contributed by atoms with Gasteiger partial charge in [-0.2, -0.15) is 0 Å². The number of hydrogen-bond acceptors (Lipinski definition) is 7. The molecule has 1 aromatic carbocycles. The molecule has 0 radical (unpaired) electrons. The first kappa shape index (κ1) is 21.8. The lowest BCUT2D eigenvalue weighted by molar-refractivity contribution is -0.421. The molecule has 0 amide bonds. The predicted octanol–water partition coefficient (Wildman–Crippen LogP) is 3.91. The Bertz CT molecular complexity index is 1090. The SMILES string of the molecule is CC1CC[C@@H]2C(C)(C)CCC[C@@]2(C)c2c1oc1c(B(O)O)c([N+](=O)[O-])c([N+](=O)[O-])cc21. The first-order valence-electron chi connectivity index (χ1n) is 10.7. The summed E-state index contributed by atoms with van der Waals surface area (Å²) >= 11 is 0. The van der Waals surface area contributed by atoms with E-state index in [-0.39, 0.29) is 22.3 Å². The summed E-state index contributed by atoms with van der Waals surface area (Å²) in [5.74, 6) is 0.951. The van der Waals surface area contributed by atoms with E-state index < -0.39 is 33.8 Å². The second-order valence-corrected chi connectivity index (χ2v) is 10.1. The van der Waals surface area contributed by atoms with Crippen LogP contribution >= 0.6 is 0 Å². The lowest BCUT2D eigenvalue weighted by Crippen LogP contribution is -2.44. The minimum absolute atomic E-state index is 0.00224. The van der Waals surface area contributed by atoms with E-state index in [0.29, 0.717) is 17.1 Å². The molecule has 2 N–H and O–H groups in total. The van der Waals surface area contributed by atoms with Crippen LogP contribution in [0.2, 0.25) is 0 Å². The molecule has 1 heterocycles. The molecule has 10 heteroatoms. The summed E-state index contributed by atoms with van der Waals surface area (Å²) in [6.45, 7) is 8.69. The van der Waals surface area contributed by atoms with Gasteiger partial charge in [-0.05, 0) is 42.4 Å². The number of furan rings is 1. The molecule has 4 rings (SSSR count). The van der Waals surface area contributed by atoms with Gasteiger partial charge in [-0.15, -0.1) is 0 Å². The second-order valence-electron chi connectivity index (χ2n) is 10.1. The fraction of sp³-hybridized carbons (Fsp3) is 0.619. The average molecular weight is 430 g/mol. The van der Waals surface area contributed by atoms with E-state index in [4.69, 9.17) is 4.42 Å². The van der Waals surface area contributed by atoms with Crippen molar-refractivity contribution >= 4 is 34.9 Å². The molecule has 3 atom stereocenters. The van der Waals surface area contributed by atoms with Gasteiger partial charge in [0.1, 0.15) is 16.8 Å². The number of hydrogen-bond donors (Lipinski definition) is 2. The van der Waals surface area contributed by atoms with Crippen LogP contribution in [0, 0.1) is 31.6 Å². The second kappa shape index (κ2) is 7.03. The zero-order valence-corrected chi connectivity index (χ0v) is 18.2. The van der Waals surface area contributed by atoms with E-state index in [2.05, 4.69) is 20.8 Å². The summed E-state index contributed by atoms with van der Waals surface area (Å²) in [5, 5.41) is 43.8. The van der Waals surface area contributed by atoms with Crippen molar-refractivity contribution in [2.24, 2.45) is 11.3 Å². The highest BCUT2D eigenvalue weighted by atomic mass is 16.6. The number of fused-ring (bicyclic) bond motifs is 5. The molecule has 1 saturated carbocycles. The Labute approximate surface area is 179 Å². The Kier molecular flexibility index (Phi) is 4.94. The Morgan fingerprint density at radius 1 is 1.13 bits per heavy atom. The molecule has 2 aromatic rings. The molecule has 166 valence electrons. The summed E-state index contributed by atoms with van der Waals surface area (Å²) in [6.07, 6.45) is 4.79. The third-order valence-corrected chi connectivity index (χ3v) is 7.77. The Balaban J connectivity index is 2.15. The van der Waals surface area contributed by atoms with Gasteiger partial charge in [-0.3, -0.25) is 20.2 Å². The standard InChI is InChI=1S/C21H27BN2O7/c1-11-6-7-14-20(2,3)8-5-9-21(14,4)15-12-10-13(23(27)28)17(24(29)30)16(22(25)26)19(12)31-18(11)15/h10-11,14,25-26H,5-9H2,1-4H3/t11?,14-,21-/m1/s1. The smallest absolute Gasteiger partial charge is 0.461 e. The first-order chi connectivity index (χ1) is 14.4. The molecule has 1 unspecified atom stereocenters. The van der Waals surface area contributed by atoms with Crippen molar-refractivity contribution in [1.82, 2.24) is 0 Å². The molecule has 1 aromatic heterocycles.